The van der Waals surface area contributed by atoms with Crippen molar-refractivity contribution in [2.75, 3.05) is 32.5 Å². The van der Waals surface area contributed by atoms with Crippen LogP contribution in [0.15, 0.2) is 84.3 Å². The number of aromatic nitrogens is 3. The van der Waals surface area contributed by atoms with Gasteiger partial charge in [0, 0.05) is 13.1 Å². The van der Waals surface area contributed by atoms with Crippen molar-refractivity contribution >= 4 is 27.6 Å². The first-order chi connectivity index (χ1) is 25.4. The Morgan fingerprint density at radius 1 is 0.981 bits per heavy atom. The second kappa shape index (κ2) is 15.4. The number of methoxy groups -OCH3 is 2. The van der Waals surface area contributed by atoms with E-state index < -0.39 is 50.8 Å². The number of nitrogens with zero attached hydrogens (tertiary/aromatic N) is 4. The van der Waals surface area contributed by atoms with Gasteiger partial charge < -0.3 is 24.8 Å². The SMILES string of the molecule is COc1cccc(OC)c1-c1ccc(CCC(NC(=O)c2c(F)cc(NS(=O)(=O)c3ccc(-n4cncn4)cc3)cc2F)C(=O)O)c2c1CN(C)CC2. The minimum atomic E-state index is -4.29. The van der Waals surface area contributed by atoms with Crippen LogP contribution in [-0.4, -0.2) is 78.9 Å². The van der Waals surface area contributed by atoms with Crippen molar-refractivity contribution in [2.24, 2.45) is 0 Å². The summed E-state index contributed by atoms with van der Waals surface area (Å²) in [5.41, 5.74) is 3.70. The number of likely N-dealkylation sites (N-methyl/N-ethyl adjacent to an activating group) is 1. The van der Waals surface area contributed by atoms with Gasteiger partial charge in [0.2, 0.25) is 0 Å². The van der Waals surface area contributed by atoms with Crippen molar-refractivity contribution in [3.63, 3.8) is 0 Å². The highest BCUT2D eigenvalue weighted by Crippen LogP contribution is 2.42. The zero-order valence-corrected chi connectivity index (χ0v) is 29.8. The average molecular weight is 747 g/mol. The number of hydrogen-bond donors (Lipinski definition) is 3. The first-order valence-electron chi connectivity index (χ1n) is 16.4. The number of halogens is 2. The minimum Gasteiger partial charge on any atom is -0.496 e. The van der Waals surface area contributed by atoms with Crippen LogP contribution in [0.1, 0.15) is 33.5 Å². The minimum absolute atomic E-state index is 0.0719. The van der Waals surface area contributed by atoms with Crippen molar-refractivity contribution in [1.29, 1.82) is 0 Å². The van der Waals surface area contributed by atoms with E-state index in [0.717, 1.165) is 34.4 Å². The van der Waals surface area contributed by atoms with Crippen LogP contribution in [0.2, 0.25) is 0 Å². The van der Waals surface area contributed by atoms with Gasteiger partial charge >= 0.3 is 5.97 Å². The molecule has 4 aromatic carbocycles. The fourth-order valence-electron chi connectivity index (χ4n) is 6.44. The van der Waals surface area contributed by atoms with Gasteiger partial charge in [-0.05, 0) is 97.1 Å². The number of aryl methyl sites for hydroxylation is 1. The van der Waals surface area contributed by atoms with E-state index in [1.807, 2.05) is 37.4 Å². The van der Waals surface area contributed by atoms with E-state index in [-0.39, 0.29) is 17.7 Å². The number of benzene rings is 4. The molecule has 0 radical (unpaired) electrons. The van der Waals surface area contributed by atoms with E-state index in [0.29, 0.717) is 42.3 Å². The molecule has 0 spiro atoms. The summed E-state index contributed by atoms with van der Waals surface area (Å²) in [5.74, 6) is -4.17. The number of carbonyl (C=O) groups excluding carboxylic acids is 1. The van der Waals surface area contributed by atoms with E-state index in [1.165, 1.54) is 41.6 Å². The van der Waals surface area contributed by atoms with E-state index in [1.54, 1.807) is 14.2 Å². The van der Waals surface area contributed by atoms with Gasteiger partial charge in [0.15, 0.2) is 0 Å². The first kappa shape index (κ1) is 36.9. The summed E-state index contributed by atoms with van der Waals surface area (Å²) in [4.78, 5) is 31.2. The van der Waals surface area contributed by atoms with E-state index in [9.17, 15) is 23.1 Å². The molecule has 0 saturated heterocycles. The normalized spacial score (nSPS) is 13.5. The van der Waals surface area contributed by atoms with Gasteiger partial charge in [-0.2, -0.15) is 5.10 Å². The smallest absolute Gasteiger partial charge is 0.326 e. The van der Waals surface area contributed by atoms with Crippen LogP contribution < -0.4 is 19.5 Å². The molecule has 53 heavy (non-hydrogen) atoms. The summed E-state index contributed by atoms with van der Waals surface area (Å²) in [6.45, 7) is 1.40. The van der Waals surface area contributed by atoms with Crippen LogP contribution in [0.3, 0.4) is 0 Å². The van der Waals surface area contributed by atoms with Crippen molar-refractivity contribution < 1.29 is 41.4 Å². The van der Waals surface area contributed by atoms with E-state index in [4.69, 9.17) is 9.47 Å². The quantitative estimate of drug-likeness (QED) is 0.152. The highest BCUT2D eigenvalue weighted by Gasteiger charge is 2.28. The summed E-state index contributed by atoms with van der Waals surface area (Å²) in [6, 6.07) is 14.7. The molecule has 5 aromatic rings. The van der Waals surface area contributed by atoms with Crippen molar-refractivity contribution in [2.45, 2.75) is 36.7 Å². The molecule has 6 rings (SSSR count). The highest BCUT2D eigenvalue weighted by molar-refractivity contribution is 7.92. The third kappa shape index (κ3) is 7.83. The molecule has 2 heterocycles. The second-order valence-electron chi connectivity index (χ2n) is 12.4. The van der Waals surface area contributed by atoms with Gasteiger partial charge in [-0.3, -0.25) is 9.52 Å². The monoisotopic (exact) mass is 746 g/mol. The maximum absolute atomic E-state index is 15.2. The number of aliphatic carboxylic acids is 1. The first-order valence-corrected chi connectivity index (χ1v) is 17.9. The van der Waals surface area contributed by atoms with Gasteiger partial charge in [0.05, 0.1) is 36.1 Å². The predicted molar refractivity (Wildman–Crippen MR) is 191 cm³/mol. The van der Waals surface area contributed by atoms with Crippen molar-refractivity contribution in [3.05, 3.63) is 113 Å². The molecular formula is C37H36F2N6O7S. The lowest BCUT2D eigenvalue weighted by Crippen LogP contribution is -2.42. The lowest BCUT2D eigenvalue weighted by molar-refractivity contribution is -0.139. The summed E-state index contributed by atoms with van der Waals surface area (Å²) >= 11 is 0. The molecule has 0 aliphatic carbocycles. The van der Waals surface area contributed by atoms with E-state index >= 15 is 8.78 Å². The zero-order chi connectivity index (χ0) is 37.9. The van der Waals surface area contributed by atoms with Gasteiger partial charge in [0.25, 0.3) is 15.9 Å². The Labute approximate surface area is 304 Å². The molecule has 1 aromatic heterocycles. The van der Waals surface area contributed by atoms with Crippen LogP contribution in [0.5, 0.6) is 11.5 Å². The number of sulfonamides is 1. The topological polar surface area (TPSA) is 165 Å². The summed E-state index contributed by atoms with van der Waals surface area (Å²) in [6.07, 6.45) is 3.61. The zero-order valence-electron chi connectivity index (χ0n) is 29.0. The fraction of sp³-hybridized carbons (Fsp3) is 0.243. The maximum Gasteiger partial charge on any atom is 0.326 e. The Bertz CT molecular complexity index is 2220. The van der Waals surface area contributed by atoms with Crippen LogP contribution >= 0.6 is 0 Å². The molecule has 0 fully saturated rings. The number of carboxylic acids is 1. The van der Waals surface area contributed by atoms with Crippen molar-refractivity contribution in [3.8, 4) is 28.3 Å². The molecular weight excluding hydrogens is 711 g/mol. The highest BCUT2D eigenvalue weighted by atomic mass is 32.2. The molecule has 0 bridgehead atoms. The molecule has 3 N–H and O–H groups in total. The van der Waals surface area contributed by atoms with Crippen LogP contribution in [-0.2, 0) is 34.2 Å². The number of amides is 1. The molecule has 1 aliphatic rings. The lowest BCUT2D eigenvalue weighted by atomic mass is 9.85. The number of ether oxygens (including phenoxy) is 2. The van der Waals surface area contributed by atoms with Crippen molar-refractivity contribution in [1.82, 2.24) is 25.0 Å². The van der Waals surface area contributed by atoms with Gasteiger partial charge in [-0.1, -0.05) is 18.2 Å². The number of anilines is 1. The number of nitrogens with one attached hydrogen (secondary N) is 2. The largest absolute Gasteiger partial charge is 0.496 e. The number of hydrogen-bond acceptors (Lipinski definition) is 9. The Balaban J connectivity index is 1.18. The summed E-state index contributed by atoms with van der Waals surface area (Å²) < 4.78 is 71.2. The average Bonchev–Trinajstić information content (AvgIpc) is 3.68. The number of carbonyl (C=O) groups is 2. The molecule has 1 atom stereocenters. The Kier molecular flexibility index (Phi) is 10.7. The molecule has 1 aliphatic heterocycles. The number of rotatable bonds is 13. The fourth-order valence-corrected chi connectivity index (χ4v) is 7.48. The summed E-state index contributed by atoms with van der Waals surface area (Å²) in [7, 11) is 0.894. The van der Waals surface area contributed by atoms with Crippen LogP contribution in [0.25, 0.3) is 16.8 Å². The van der Waals surface area contributed by atoms with Crippen LogP contribution in [0, 0.1) is 11.6 Å². The summed E-state index contributed by atoms with van der Waals surface area (Å²) in [5, 5.41) is 16.2. The molecule has 1 unspecified atom stereocenters. The van der Waals surface area contributed by atoms with E-state index in [2.05, 4.69) is 25.0 Å². The molecule has 13 nitrogen and oxygen atoms in total. The Hall–Kier alpha value is -5.87. The van der Waals surface area contributed by atoms with Crippen LogP contribution in [0.4, 0.5) is 14.5 Å². The number of fused-ring (bicyclic) bond motifs is 1. The molecule has 16 heteroatoms. The lowest BCUT2D eigenvalue weighted by Gasteiger charge is -2.30. The molecule has 1 amide bonds. The molecule has 276 valence electrons. The van der Waals surface area contributed by atoms with Gasteiger partial charge in [0.1, 0.15) is 47.4 Å². The third-order valence-corrected chi connectivity index (χ3v) is 10.5. The maximum atomic E-state index is 15.2. The second-order valence-corrected chi connectivity index (χ2v) is 14.1. The number of carboxylic acid groups (broad SMARTS) is 1. The third-order valence-electron chi connectivity index (χ3n) is 9.05. The standard InChI is InChI=1S/C37H36F2N6O7S/c1-44-16-15-26-22(7-13-27(28(26)19-44)34-32(51-2)5-4-6-33(34)52-3)8-14-31(37(47)48)42-36(46)35-29(38)17-23(18-30(35)39)43-53(49,50)25-11-9-24(10-12-25)45-21-40-20-41-45/h4-7,9-13,17-18,20-21,31,43H,8,14-16,19H2,1-3H3,(H,42,46)(H,47,48). The molecule has 0 saturated carbocycles. The van der Waals surface area contributed by atoms with Gasteiger partial charge in [-0.15, -0.1) is 0 Å². The predicted octanol–water partition coefficient (Wildman–Crippen LogP) is 4.83. The Morgan fingerprint density at radius 3 is 2.26 bits per heavy atom. The Morgan fingerprint density at radius 2 is 1.66 bits per heavy atom. The van der Waals surface area contributed by atoms with Gasteiger partial charge in [-0.25, -0.2) is 31.7 Å².